The van der Waals surface area contributed by atoms with Crippen LogP contribution in [0.2, 0.25) is 0 Å². The van der Waals surface area contributed by atoms with E-state index in [4.69, 9.17) is 18.7 Å². The Morgan fingerprint density at radius 1 is 0.889 bits per heavy atom. The lowest BCUT2D eigenvalue weighted by Gasteiger charge is -2.32. The molecule has 0 aliphatic heterocycles. The summed E-state index contributed by atoms with van der Waals surface area (Å²) in [5.41, 5.74) is 1.34. The third-order valence-corrected chi connectivity index (χ3v) is 8.49. The third kappa shape index (κ3) is 12.8. The molecular formula is C39H50N4O11. The monoisotopic (exact) mass is 750 g/mol. The van der Waals surface area contributed by atoms with Gasteiger partial charge in [0.05, 0.1) is 45.9 Å². The fourth-order valence-electron chi connectivity index (χ4n) is 5.68. The number of carbonyl (C=O) groups excluding carboxylic acids is 6. The predicted octanol–water partition coefficient (Wildman–Crippen LogP) is 4.55. The summed E-state index contributed by atoms with van der Waals surface area (Å²) in [4.78, 5) is 81.8. The molecule has 0 unspecified atom stereocenters. The second-order valence-electron chi connectivity index (χ2n) is 12.2. The summed E-state index contributed by atoms with van der Waals surface area (Å²) in [6.45, 7) is 5.94. The Bertz CT molecular complexity index is 1690. The number of furan rings is 1. The Morgan fingerprint density at radius 2 is 1.65 bits per heavy atom. The van der Waals surface area contributed by atoms with Crippen LogP contribution >= 0.6 is 0 Å². The van der Waals surface area contributed by atoms with Crippen molar-refractivity contribution in [1.29, 1.82) is 0 Å². The van der Waals surface area contributed by atoms with Crippen molar-refractivity contribution in [2.24, 2.45) is 5.92 Å². The zero-order chi connectivity index (χ0) is 39.5. The molecule has 1 aromatic heterocycles. The number of methoxy groups -OCH3 is 2. The largest absolute Gasteiger partial charge is 0.494 e. The van der Waals surface area contributed by atoms with Gasteiger partial charge in [-0.2, -0.15) is 0 Å². The molecule has 292 valence electrons. The van der Waals surface area contributed by atoms with E-state index in [1.54, 1.807) is 13.0 Å². The van der Waals surface area contributed by atoms with Crippen molar-refractivity contribution in [2.75, 3.05) is 27.5 Å². The molecule has 15 heteroatoms. The third-order valence-electron chi connectivity index (χ3n) is 8.49. The van der Waals surface area contributed by atoms with Crippen molar-refractivity contribution in [3.8, 4) is 17.1 Å². The van der Waals surface area contributed by atoms with Crippen LogP contribution in [0.4, 0.5) is 0 Å². The minimum Gasteiger partial charge on any atom is -0.494 e. The summed E-state index contributed by atoms with van der Waals surface area (Å²) in [6.07, 6.45) is 3.76. The number of ether oxygens (including phenoxy) is 3. The van der Waals surface area contributed by atoms with Gasteiger partial charge in [-0.3, -0.25) is 28.8 Å². The molecule has 15 nitrogen and oxygen atoms in total. The summed E-state index contributed by atoms with van der Waals surface area (Å²) in [7, 11) is 2.29. The minimum absolute atomic E-state index is 0.0664. The van der Waals surface area contributed by atoms with Crippen LogP contribution in [0.5, 0.6) is 5.75 Å². The molecule has 0 aliphatic rings. The SMILES string of the molecule is CCCCC[C@@H](C(=O)NCNC(=O)c1ccc(-c2cc(OCC)cc(C(=O)N[C@@H](CC(=O)OC)C(=O)OC)c2)o1)[C@@H](CC)N(C=O)OCc1ccccc1. The molecule has 3 aromatic rings. The van der Waals surface area contributed by atoms with Gasteiger partial charge < -0.3 is 34.6 Å². The normalized spacial score (nSPS) is 12.4. The van der Waals surface area contributed by atoms with Gasteiger partial charge in [-0.1, -0.05) is 63.4 Å². The van der Waals surface area contributed by atoms with Gasteiger partial charge >= 0.3 is 11.9 Å². The number of unbranched alkanes of at least 4 members (excludes halogenated alkanes) is 2. The van der Waals surface area contributed by atoms with E-state index >= 15 is 0 Å². The van der Waals surface area contributed by atoms with Crippen molar-refractivity contribution in [1.82, 2.24) is 21.0 Å². The van der Waals surface area contributed by atoms with E-state index < -0.39 is 48.2 Å². The van der Waals surface area contributed by atoms with Gasteiger partial charge in [0.15, 0.2) is 5.76 Å². The maximum absolute atomic E-state index is 13.5. The molecule has 1 heterocycles. The number of nitrogens with one attached hydrogen (secondary N) is 3. The second kappa shape index (κ2) is 22.4. The minimum atomic E-state index is -1.30. The first-order chi connectivity index (χ1) is 26.1. The summed E-state index contributed by atoms with van der Waals surface area (Å²) in [6, 6.07) is 15.1. The lowest BCUT2D eigenvalue weighted by Crippen LogP contribution is -2.48. The number of hydroxylamine groups is 2. The van der Waals surface area contributed by atoms with E-state index in [-0.39, 0.29) is 42.9 Å². The van der Waals surface area contributed by atoms with Crippen LogP contribution in [0.25, 0.3) is 11.3 Å². The van der Waals surface area contributed by atoms with E-state index in [0.29, 0.717) is 30.6 Å². The first-order valence-electron chi connectivity index (χ1n) is 17.9. The van der Waals surface area contributed by atoms with Gasteiger partial charge in [-0.15, -0.1) is 0 Å². The molecule has 4 amide bonds. The van der Waals surface area contributed by atoms with Gasteiger partial charge in [0.1, 0.15) is 24.2 Å². The molecule has 0 radical (unpaired) electrons. The highest BCUT2D eigenvalue weighted by Gasteiger charge is 2.32. The fraction of sp³-hybridized carbons (Fsp3) is 0.436. The number of benzene rings is 2. The maximum atomic E-state index is 13.5. The summed E-state index contributed by atoms with van der Waals surface area (Å²) < 4.78 is 20.8. The average molecular weight is 751 g/mol. The number of nitrogens with zero attached hydrogens (tertiary/aromatic N) is 1. The molecule has 0 aliphatic carbocycles. The number of carbonyl (C=O) groups is 6. The molecule has 0 bridgehead atoms. The molecule has 0 saturated heterocycles. The number of esters is 2. The van der Waals surface area contributed by atoms with E-state index in [9.17, 15) is 28.8 Å². The topological polar surface area (TPSA) is 192 Å². The van der Waals surface area contributed by atoms with Gasteiger partial charge in [0.2, 0.25) is 12.3 Å². The van der Waals surface area contributed by atoms with Crippen LogP contribution in [0.15, 0.2) is 65.1 Å². The van der Waals surface area contributed by atoms with Crippen molar-refractivity contribution in [3.63, 3.8) is 0 Å². The quantitative estimate of drug-likeness (QED) is 0.0405. The lowest BCUT2D eigenvalue weighted by molar-refractivity contribution is -0.200. The van der Waals surface area contributed by atoms with Crippen LogP contribution in [0.3, 0.4) is 0 Å². The highest BCUT2D eigenvalue weighted by molar-refractivity contribution is 5.99. The van der Waals surface area contributed by atoms with Gasteiger partial charge in [0, 0.05) is 11.1 Å². The highest BCUT2D eigenvalue weighted by atomic mass is 16.7. The number of hydrogen-bond acceptors (Lipinski definition) is 11. The molecule has 3 atom stereocenters. The second-order valence-corrected chi connectivity index (χ2v) is 12.2. The average Bonchev–Trinajstić information content (AvgIpc) is 3.69. The van der Waals surface area contributed by atoms with E-state index in [2.05, 4.69) is 27.6 Å². The number of amides is 4. The standard InChI is InChI=1S/C39H50N4O11/c1-6-9-11-16-30(32(7-2)43(25-44)53-23-26-14-12-10-13-15-26)37(47)40-24-41-38(48)34-18-17-33(54-34)27-19-28(21-29(20-27)52-8-3)36(46)42-31(39(49)51-5)22-35(45)50-4/h10,12-15,17-21,25,30-32H,6-9,11,16,22-24H2,1-5H3,(H,40,47)(H,41,48)(H,42,46)/t30-,31+,32-/m1/s1. The molecule has 3 rings (SSSR count). The Labute approximate surface area is 315 Å². The molecule has 3 N–H and O–H groups in total. The van der Waals surface area contributed by atoms with Crippen LogP contribution in [-0.4, -0.2) is 80.7 Å². The smallest absolute Gasteiger partial charge is 0.328 e. The first-order valence-corrected chi connectivity index (χ1v) is 17.9. The number of hydrogen-bond donors (Lipinski definition) is 3. The van der Waals surface area contributed by atoms with E-state index in [1.807, 2.05) is 37.3 Å². The van der Waals surface area contributed by atoms with Crippen molar-refractivity contribution in [3.05, 3.63) is 77.6 Å². The molecular weight excluding hydrogens is 700 g/mol. The zero-order valence-electron chi connectivity index (χ0n) is 31.4. The van der Waals surface area contributed by atoms with Gasteiger partial charge in [-0.25, -0.2) is 9.86 Å². The van der Waals surface area contributed by atoms with Crippen molar-refractivity contribution < 1.29 is 52.2 Å². The zero-order valence-corrected chi connectivity index (χ0v) is 31.4. The lowest BCUT2D eigenvalue weighted by atomic mass is 9.90. The summed E-state index contributed by atoms with van der Waals surface area (Å²) in [5, 5.41) is 9.09. The molecule has 0 spiro atoms. The van der Waals surface area contributed by atoms with E-state index in [0.717, 1.165) is 39.0 Å². The fourth-order valence-corrected chi connectivity index (χ4v) is 5.68. The van der Waals surface area contributed by atoms with Crippen LogP contribution < -0.4 is 20.7 Å². The van der Waals surface area contributed by atoms with Crippen LogP contribution in [0.1, 0.15) is 85.8 Å². The maximum Gasteiger partial charge on any atom is 0.328 e. The highest BCUT2D eigenvalue weighted by Crippen LogP contribution is 2.28. The molecule has 0 fully saturated rings. The Morgan fingerprint density at radius 3 is 2.30 bits per heavy atom. The Balaban J connectivity index is 1.71. The van der Waals surface area contributed by atoms with Gasteiger partial charge in [-0.05, 0) is 55.7 Å². The molecule has 0 saturated carbocycles. The Hall–Kier alpha value is -5.70. The first kappa shape index (κ1) is 42.7. The Kier molecular flexibility index (Phi) is 17.7. The predicted molar refractivity (Wildman–Crippen MR) is 197 cm³/mol. The number of rotatable bonds is 23. The van der Waals surface area contributed by atoms with Crippen LogP contribution in [-0.2, 0) is 40.1 Å². The van der Waals surface area contributed by atoms with Crippen LogP contribution in [0, 0.1) is 5.92 Å². The van der Waals surface area contributed by atoms with Gasteiger partial charge in [0.25, 0.3) is 11.8 Å². The van der Waals surface area contributed by atoms with Crippen molar-refractivity contribution in [2.45, 2.75) is 78.0 Å². The molecule has 2 aromatic carbocycles. The van der Waals surface area contributed by atoms with E-state index in [1.165, 1.54) is 29.3 Å². The van der Waals surface area contributed by atoms with Crippen molar-refractivity contribution >= 4 is 36.1 Å². The molecule has 54 heavy (non-hydrogen) atoms. The summed E-state index contributed by atoms with van der Waals surface area (Å²) in [5.74, 6) is -3.33. The summed E-state index contributed by atoms with van der Waals surface area (Å²) >= 11 is 0.